The lowest BCUT2D eigenvalue weighted by atomic mass is 10.2. The Bertz CT molecular complexity index is 1020. The van der Waals surface area contributed by atoms with Crippen molar-refractivity contribution < 1.29 is 4.74 Å². The van der Waals surface area contributed by atoms with Gasteiger partial charge < -0.3 is 20.0 Å². The van der Waals surface area contributed by atoms with Gasteiger partial charge in [-0.2, -0.15) is 0 Å². The van der Waals surface area contributed by atoms with E-state index < -0.39 is 0 Å². The fourth-order valence-electron chi connectivity index (χ4n) is 3.24. The van der Waals surface area contributed by atoms with Crippen molar-refractivity contribution in [2.24, 2.45) is 0 Å². The normalized spacial score (nSPS) is 11.4. The second-order valence-corrected chi connectivity index (χ2v) is 7.41. The number of anilines is 1. The van der Waals surface area contributed by atoms with Crippen LogP contribution in [0.3, 0.4) is 0 Å². The zero-order valence-corrected chi connectivity index (χ0v) is 17.8. The van der Waals surface area contributed by atoms with Crippen LogP contribution in [0.1, 0.15) is 11.6 Å². The van der Waals surface area contributed by atoms with E-state index in [1.807, 2.05) is 36.7 Å². The number of aromatic amines is 2. The number of hydrogen-bond acceptors (Lipinski definition) is 7. The summed E-state index contributed by atoms with van der Waals surface area (Å²) in [5, 5.41) is 8.28. The minimum Gasteiger partial charge on any atom is -0.362 e. The first kappa shape index (κ1) is 21.3. The van der Waals surface area contributed by atoms with Gasteiger partial charge in [0.15, 0.2) is 0 Å². The molecule has 10 heteroatoms. The van der Waals surface area contributed by atoms with Crippen molar-refractivity contribution in [3.8, 4) is 0 Å². The van der Waals surface area contributed by atoms with Gasteiger partial charge in [0.25, 0.3) is 0 Å². The number of nitrogens with one attached hydrogen (secondary N) is 4. The minimum absolute atomic E-state index is 0.386. The number of nitrogens with zero attached hydrogens (tertiary/aromatic N) is 4. The molecule has 4 rings (SSSR count). The second kappa shape index (κ2) is 10.9. The summed E-state index contributed by atoms with van der Waals surface area (Å²) in [4.78, 5) is 21.5. The van der Waals surface area contributed by atoms with Gasteiger partial charge in [-0.05, 0) is 24.3 Å². The number of hydrogen-bond donors (Lipinski definition) is 4. The summed E-state index contributed by atoms with van der Waals surface area (Å²) in [6.07, 6.45) is 8.95. The maximum Gasteiger partial charge on any atom is 0.120 e. The van der Waals surface area contributed by atoms with Crippen molar-refractivity contribution in [3.05, 3.63) is 71.9 Å². The Kier molecular flexibility index (Phi) is 7.46. The molecule has 4 N–H and O–H groups in total. The highest BCUT2D eigenvalue weighted by Crippen LogP contribution is 2.24. The molecule has 0 aliphatic heterocycles. The van der Waals surface area contributed by atoms with Crippen molar-refractivity contribution in [1.82, 2.24) is 35.1 Å². The molecule has 31 heavy (non-hydrogen) atoms. The van der Waals surface area contributed by atoms with Crippen molar-refractivity contribution in [1.29, 1.82) is 0 Å². The van der Waals surface area contributed by atoms with Crippen molar-refractivity contribution in [2.75, 3.05) is 31.9 Å². The third-order valence-corrected chi connectivity index (χ3v) is 4.97. The number of halogens is 1. The SMILES string of the molecule is Clc1ccc2c(NCOCNCCN(Cc3ncc[nH]3)Cc3ncc[nH]3)ccnc2c1. The van der Waals surface area contributed by atoms with E-state index in [-0.39, 0.29) is 0 Å². The topological polar surface area (TPSA) is 107 Å². The zero-order valence-electron chi connectivity index (χ0n) is 17.0. The predicted octanol–water partition coefficient (Wildman–Crippen LogP) is 2.97. The summed E-state index contributed by atoms with van der Waals surface area (Å²) in [7, 11) is 0. The summed E-state index contributed by atoms with van der Waals surface area (Å²) in [5.41, 5.74) is 1.81. The molecule has 0 saturated heterocycles. The number of benzene rings is 1. The van der Waals surface area contributed by atoms with Crippen molar-refractivity contribution in [3.63, 3.8) is 0 Å². The lowest BCUT2D eigenvalue weighted by Crippen LogP contribution is -2.33. The smallest absolute Gasteiger partial charge is 0.120 e. The Morgan fingerprint density at radius 2 is 1.71 bits per heavy atom. The highest BCUT2D eigenvalue weighted by Gasteiger charge is 2.10. The zero-order chi connectivity index (χ0) is 21.3. The van der Waals surface area contributed by atoms with Gasteiger partial charge in [0, 0.05) is 60.2 Å². The maximum absolute atomic E-state index is 6.04. The van der Waals surface area contributed by atoms with Gasteiger partial charge >= 0.3 is 0 Å². The Morgan fingerprint density at radius 3 is 2.42 bits per heavy atom. The lowest BCUT2D eigenvalue weighted by Gasteiger charge is -2.20. The van der Waals surface area contributed by atoms with Crippen LogP contribution in [0.15, 0.2) is 55.2 Å². The molecule has 162 valence electrons. The lowest BCUT2D eigenvalue weighted by molar-refractivity contribution is 0.128. The largest absolute Gasteiger partial charge is 0.362 e. The van der Waals surface area contributed by atoms with Gasteiger partial charge in [0.2, 0.25) is 0 Å². The van der Waals surface area contributed by atoms with Crippen LogP contribution in [0.4, 0.5) is 5.69 Å². The van der Waals surface area contributed by atoms with Gasteiger partial charge in [-0.3, -0.25) is 15.2 Å². The van der Waals surface area contributed by atoms with Gasteiger partial charge in [-0.15, -0.1) is 0 Å². The summed E-state index contributed by atoms with van der Waals surface area (Å²) in [6, 6.07) is 7.59. The van der Waals surface area contributed by atoms with Crippen LogP contribution in [0.25, 0.3) is 10.9 Å². The van der Waals surface area contributed by atoms with E-state index in [4.69, 9.17) is 16.3 Å². The van der Waals surface area contributed by atoms with Crippen LogP contribution in [0, 0.1) is 0 Å². The molecule has 3 aromatic heterocycles. The molecule has 0 aliphatic carbocycles. The minimum atomic E-state index is 0.386. The van der Waals surface area contributed by atoms with Gasteiger partial charge in [0.05, 0.1) is 25.3 Å². The van der Waals surface area contributed by atoms with E-state index in [1.54, 1.807) is 18.6 Å². The average molecular weight is 441 g/mol. The monoisotopic (exact) mass is 440 g/mol. The fraction of sp³-hybridized carbons (Fsp3) is 0.286. The number of H-pyrrole nitrogens is 2. The first-order chi connectivity index (χ1) is 15.3. The van der Waals surface area contributed by atoms with Gasteiger partial charge in [-0.25, -0.2) is 9.97 Å². The molecule has 0 saturated carbocycles. The number of pyridine rings is 1. The highest BCUT2D eigenvalue weighted by atomic mass is 35.5. The van der Waals surface area contributed by atoms with E-state index in [0.717, 1.165) is 54.4 Å². The maximum atomic E-state index is 6.04. The molecule has 0 bridgehead atoms. The third kappa shape index (κ3) is 6.25. The number of imidazole rings is 2. The number of ether oxygens (including phenoxy) is 1. The van der Waals surface area contributed by atoms with Gasteiger partial charge in [-0.1, -0.05) is 11.6 Å². The van der Waals surface area contributed by atoms with Crippen LogP contribution in [-0.4, -0.2) is 56.4 Å². The van der Waals surface area contributed by atoms with Crippen LogP contribution in [0.2, 0.25) is 5.02 Å². The number of aromatic nitrogens is 5. The molecule has 0 amide bonds. The Labute approximate surface area is 185 Å². The summed E-state index contributed by atoms with van der Waals surface area (Å²) in [5.74, 6) is 1.86. The molecule has 0 spiro atoms. The van der Waals surface area contributed by atoms with E-state index >= 15 is 0 Å². The molecular weight excluding hydrogens is 416 g/mol. The van der Waals surface area contributed by atoms with E-state index in [0.29, 0.717) is 18.5 Å². The molecule has 0 aliphatic rings. The molecule has 9 nitrogen and oxygen atoms in total. The molecular formula is C21H25ClN8O. The van der Waals surface area contributed by atoms with Crippen molar-refractivity contribution >= 4 is 28.2 Å². The van der Waals surface area contributed by atoms with Gasteiger partial charge in [0.1, 0.15) is 18.4 Å². The molecule has 0 atom stereocenters. The highest BCUT2D eigenvalue weighted by molar-refractivity contribution is 6.31. The number of rotatable bonds is 12. The first-order valence-electron chi connectivity index (χ1n) is 10.0. The fourth-order valence-corrected chi connectivity index (χ4v) is 3.41. The summed E-state index contributed by atoms with van der Waals surface area (Å²) < 4.78 is 5.68. The quantitative estimate of drug-likeness (QED) is 0.198. The Balaban J connectivity index is 1.18. The standard InChI is InChI=1S/C21H25ClN8O/c22-16-1-2-17-18(3-4-24-19(17)11-16)29-15-31-14-23-9-10-30(12-20-25-5-6-26-20)13-21-27-7-8-28-21/h1-8,11,23H,9-10,12-15H2,(H,24,29)(H,25,26)(H,27,28). The molecule has 0 unspecified atom stereocenters. The predicted molar refractivity (Wildman–Crippen MR) is 120 cm³/mol. The van der Waals surface area contributed by atoms with E-state index in [9.17, 15) is 0 Å². The third-order valence-electron chi connectivity index (χ3n) is 4.73. The second-order valence-electron chi connectivity index (χ2n) is 6.97. The molecule has 0 fully saturated rings. The van der Waals surface area contributed by atoms with Crippen LogP contribution in [0.5, 0.6) is 0 Å². The molecule has 3 heterocycles. The molecule has 1 aromatic carbocycles. The molecule has 0 radical (unpaired) electrons. The Hall–Kier alpha value is -2.98. The van der Waals surface area contributed by atoms with E-state index in [2.05, 4.69) is 40.5 Å². The van der Waals surface area contributed by atoms with Crippen molar-refractivity contribution in [2.45, 2.75) is 13.1 Å². The van der Waals surface area contributed by atoms with E-state index in [1.165, 1.54) is 0 Å². The number of fused-ring (bicyclic) bond motifs is 1. The average Bonchev–Trinajstić information content (AvgIpc) is 3.47. The van der Waals surface area contributed by atoms with Crippen LogP contribution < -0.4 is 10.6 Å². The summed E-state index contributed by atoms with van der Waals surface area (Å²) in [6.45, 7) is 3.87. The van der Waals surface area contributed by atoms with Crippen LogP contribution in [-0.2, 0) is 17.8 Å². The summed E-state index contributed by atoms with van der Waals surface area (Å²) >= 11 is 6.04. The Morgan fingerprint density at radius 1 is 0.935 bits per heavy atom. The molecule has 4 aromatic rings. The van der Waals surface area contributed by atoms with Crippen LogP contribution >= 0.6 is 11.6 Å². The first-order valence-corrected chi connectivity index (χ1v) is 10.4.